The SMILES string of the molecule is C=Cc1ccc(CSCCC)cc1. The molecule has 0 aliphatic carbocycles. The Morgan fingerprint density at radius 2 is 2.00 bits per heavy atom. The van der Waals surface area contributed by atoms with Gasteiger partial charge in [0.05, 0.1) is 0 Å². The maximum Gasteiger partial charge on any atom is 0.0184 e. The van der Waals surface area contributed by atoms with Crippen molar-refractivity contribution >= 4 is 17.8 Å². The van der Waals surface area contributed by atoms with Crippen LogP contribution in [0.4, 0.5) is 0 Å². The highest BCUT2D eigenvalue weighted by atomic mass is 32.2. The second-order valence-electron chi connectivity index (χ2n) is 3.00. The maximum absolute atomic E-state index is 3.73. The first-order valence-corrected chi connectivity index (χ1v) is 5.81. The standard InChI is InChI=1S/C12H16S/c1-3-9-13-10-12-7-5-11(4-2)6-8-12/h4-8H,2-3,9-10H2,1H3. The fourth-order valence-corrected chi connectivity index (χ4v) is 1.95. The molecule has 1 aromatic rings. The van der Waals surface area contributed by atoms with Crippen LogP contribution in [0.25, 0.3) is 6.08 Å². The zero-order valence-electron chi connectivity index (χ0n) is 8.12. The smallest absolute Gasteiger partial charge is 0.0184 e. The lowest BCUT2D eigenvalue weighted by Crippen LogP contribution is -1.82. The molecule has 0 unspecified atom stereocenters. The maximum atomic E-state index is 3.73. The number of rotatable bonds is 5. The van der Waals surface area contributed by atoms with E-state index in [1.54, 1.807) is 0 Å². The molecule has 70 valence electrons. The van der Waals surface area contributed by atoms with Gasteiger partial charge in [-0.05, 0) is 23.3 Å². The monoisotopic (exact) mass is 192 g/mol. The predicted octanol–water partition coefficient (Wildman–Crippen LogP) is 3.97. The van der Waals surface area contributed by atoms with E-state index >= 15 is 0 Å². The quantitative estimate of drug-likeness (QED) is 0.636. The molecule has 0 atom stereocenters. The summed E-state index contributed by atoms with van der Waals surface area (Å²) in [6.07, 6.45) is 3.14. The van der Waals surface area contributed by atoms with E-state index < -0.39 is 0 Å². The molecule has 0 bridgehead atoms. The Kier molecular flexibility index (Phi) is 4.69. The van der Waals surface area contributed by atoms with Crippen LogP contribution in [-0.4, -0.2) is 5.75 Å². The molecule has 0 N–H and O–H groups in total. The molecule has 0 aliphatic heterocycles. The molecule has 0 aromatic heterocycles. The number of benzene rings is 1. The second kappa shape index (κ2) is 5.87. The Balaban J connectivity index is 2.44. The minimum atomic E-state index is 1.13. The molecule has 13 heavy (non-hydrogen) atoms. The summed E-state index contributed by atoms with van der Waals surface area (Å²) >= 11 is 1.99. The molecular formula is C12H16S. The summed E-state index contributed by atoms with van der Waals surface area (Å²) in [5, 5.41) is 0. The predicted molar refractivity (Wildman–Crippen MR) is 63.0 cm³/mol. The van der Waals surface area contributed by atoms with E-state index in [9.17, 15) is 0 Å². The van der Waals surface area contributed by atoms with Gasteiger partial charge in [-0.3, -0.25) is 0 Å². The van der Waals surface area contributed by atoms with Crippen molar-refractivity contribution < 1.29 is 0 Å². The summed E-state index contributed by atoms with van der Waals surface area (Å²) in [6.45, 7) is 5.95. The highest BCUT2D eigenvalue weighted by Crippen LogP contribution is 2.13. The lowest BCUT2D eigenvalue weighted by Gasteiger charge is -2.00. The molecule has 0 nitrogen and oxygen atoms in total. The zero-order chi connectivity index (χ0) is 9.52. The first-order valence-electron chi connectivity index (χ1n) is 4.66. The third kappa shape index (κ3) is 3.69. The molecule has 0 aliphatic rings. The van der Waals surface area contributed by atoms with Gasteiger partial charge in [-0.25, -0.2) is 0 Å². The van der Waals surface area contributed by atoms with Crippen LogP contribution in [0.15, 0.2) is 30.8 Å². The molecule has 0 radical (unpaired) electrons. The highest BCUT2D eigenvalue weighted by Gasteiger charge is 1.92. The van der Waals surface area contributed by atoms with Crippen LogP contribution in [0.5, 0.6) is 0 Å². The Morgan fingerprint density at radius 3 is 2.54 bits per heavy atom. The summed E-state index contributed by atoms with van der Waals surface area (Å²) in [5.41, 5.74) is 2.60. The second-order valence-corrected chi connectivity index (χ2v) is 4.10. The molecule has 0 saturated heterocycles. The van der Waals surface area contributed by atoms with Gasteiger partial charge in [0.2, 0.25) is 0 Å². The van der Waals surface area contributed by atoms with Gasteiger partial charge in [0, 0.05) is 5.75 Å². The average Bonchev–Trinajstić information content (AvgIpc) is 2.19. The van der Waals surface area contributed by atoms with Crippen molar-refractivity contribution in [1.82, 2.24) is 0 Å². The van der Waals surface area contributed by atoms with E-state index in [-0.39, 0.29) is 0 Å². The Labute approximate surface area is 85.1 Å². The van der Waals surface area contributed by atoms with Crippen LogP contribution in [-0.2, 0) is 5.75 Å². The van der Waals surface area contributed by atoms with Crippen LogP contribution in [0.3, 0.4) is 0 Å². The van der Waals surface area contributed by atoms with Crippen molar-refractivity contribution in [3.8, 4) is 0 Å². The molecule has 0 heterocycles. The first-order chi connectivity index (χ1) is 6.36. The van der Waals surface area contributed by atoms with Crippen molar-refractivity contribution in [2.45, 2.75) is 19.1 Å². The average molecular weight is 192 g/mol. The molecule has 1 heteroatoms. The van der Waals surface area contributed by atoms with Crippen LogP contribution in [0.2, 0.25) is 0 Å². The van der Waals surface area contributed by atoms with E-state index in [0.717, 1.165) is 5.75 Å². The first kappa shape index (κ1) is 10.4. The molecule has 0 saturated carbocycles. The van der Waals surface area contributed by atoms with Crippen molar-refractivity contribution in [1.29, 1.82) is 0 Å². The van der Waals surface area contributed by atoms with E-state index in [2.05, 4.69) is 37.8 Å². The molecule has 1 aromatic carbocycles. The van der Waals surface area contributed by atoms with E-state index in [1.165, 1.54) is 23.3 Å². The molecule has 1 rings (SSSR count). The minimum absolute atomic E-state index is 1.13. The fourth-order valence-electron chi connectivity index (χ4n) is 1.08. The van der Waals surface area contributed by atoms with Gasteiger partial charge in [0.15, 0.2) is 0 Å². The largest absolute Gasteiger partial charge is 0.157 e. The zero-order valence-corrected chi connectivity index (χ0v) is 8.94. The summed E-state index contributed by atoms with van der Waals surface area (Å²) < 4.78 is 0. The Hall–Kier alpha value is -0.690. The minimum Gasteiger partial charge on any atom is -0.157 e. The van der Waals surface area contributed by atoms with Gasteiger partial charge < -0.3 is 0 Å². The van der Waals surface area contributed by atoms with E-state index in [0.29, 0.717) is 0 Å². The van der Waals surface area contributed by atoms with E-state index in [4.69, 9.17) is 0 Å². The van der Waals surface area contributed by atoms with Gasteiger partial charge in [0.25, 0.3) is 0 Å². The third-order valence-corrected chi connectivity index (χ3v) is 3.07. The van der Waals surface area contributed by atoms with Gasteiger partial charge >= 0.3 is 0 Å². The molecule has 0 spiro atoms. The Morgan fingerprint density at radius 1 is 1.31 bits per heavy atom. The number of hydrogen-bond acceptors (Lipinski definition) is 1. The van der Waals surface area contributed by atoms with Crippen LogP contribution in [0.1, 0.15) is 24.5 Å². The summed E-state index contributed by atoms with van der Waals surface area (Å²) in [5.74, 6) is 2.38. The summed E-state index contributed by atoms with van der Waals surface area (Å²) in [4.78, 5) is 0. The lowest BCUT2D eigenvalue weighted by atomic mass is 10.1. The summed E-state index contributed by atoms with van der Waals surface area (Å²) in [7, 11) is 0. The van der Waals surface area contributed by atoms with Gasteiger partial charge in [-0.2, -0.15) is 11.8 Å². The molecular weight excluding hydrogens is 176 g/mol. The van der Waals surface area contributed by atoms with Crippen LogP contribution < -0.4 is 0 Å². The fraction of sp³-hybridized carbons (Fsp3) is 0.333. The molecule has 0 fully saturated rings. The van der Waals surface area contributed by atoms with Gasteiger partial charge in [-0.15, -0.1) is 0 Å². The highest BCUT2D eigenvalue weighted by molar-refractivity contribution is 7.98. The van der Waals surface area contributed by atoms with Crippen LogP contribution >= 0.6 is 11.8 Å². The van der Waals surface area contributed by atoms with Crippen molar-refractivity contribution in [2.75, 3.05) is 5.75 Å². The van der Waals surface area contributed by atoms with E-state index in [1.807, 2.05) is 17.8 Å². The van der Waals surface area contributed by atoms with Crippen molar-refractivity contribution in [2.24, 2.45) is 0 Å². The van der Waals surface area contributed by atoms with Gasteiger partial charge in [0.1, 0.15) is 0 Å². The van der Waals surface area contributed by atoms with Crippen LogP contribution in [0, 0.1) is 0 Å². The third-order valence-electron chi connectivity index (χ3n) is 1.83. The normalized spacial score (nSPS) is 9.92. The number of hydrogen-bond donors (Lipinski definition) is 0. The van der Waals surface area contributed by atoms with Gasteiger partial charge in [-0.1, -0.05) is 43.8 Å². The Bertz CT molecular complexity index is 248. The van der Waals surface area contributed by atoms with Crippen molar-refractivity contribution in [3.63, 3.8) is 0 Å². The lowest BCUT2D eigenvalue weighted by molar-refractivity contribution is 1.10. The molecule has 0 amide bonds. The van der Waals surface area contributed by atoms with Crippen molar-refractivity contribution in [3.05, 3.63) is 42.0 Å². The number of thioether (sulfide) groups is 1. The topological polar surface area (TPSA) is 0 Å². The summed E-state index contributed by atoms with van der Waals surface area (Å²) in [6, 6.07) is 8.60.